The summed E-state index contributed by atoms with van der Waals surface area (Å²) in [7, 11) is -2.88. The third-order valence-electron chi connectivity index (χ3n) is 4.65. The normalized spacial score (nSPS) is 11.7. The van der Waals surface area contributed by atoms with Gasteiger partial charge in [0.2, 0.25) is 0 Å². The zero-order valence-electron chi connectivity index (χ0n) is 17.4. The molecular formula is C24H26NO4P. The molecule has 156 valence electrons. The predicted molar refractivity (Wildman–Crippen MR) is 120 cm³/mol. The minimum Gasteiger partial charge on any atom is -0.463 e. The molecule has 0 saturated heterocycles. The van der Waals surface area contributed by atoms with Crippen LogP contribution in [0.5, 0.6) is 5.75 Å². The molecule has 0 bridgehead atoms. The molecule has 0 atom stereocenters. The molecule has 0 saturated carbocycles. The van der Waals surface area contributed by atoms with Gasteiger partial charge in [0, 0.05) is 16.8 Å². The van der Waals surface area contributed by atoms with E-state index in [-0.39, 0.29) is 0 Å². The Balaban J connectivity index is 1.88. The van der Waals surface area contributed by atoms with Gasteiger partial charge in [-0.15, -0.1) is 5.06 Å². The van der Waals surface area contributed by atoms with E-state index >= 15 is 0 Å². The van der Waals surface area contributed by atoms with Crippen LogP contribution in [0.3, 0.4) is 0 Å². The summed E-state index contributed by atoms with van der Waals surface area (Å²) in [6, 6.07) is 26.1. The highest BCUT2D eigenvalue weighted by molar-refractivity contribution is 7.78. The summed E-state index contributed by atoms with van der Waals surface area (Å²) in [5, 5.41) is 11.9. The number of carbonyl (C=O) groups is 1. The number of hydrogen-bond donors (Lipinski definition) is 1. The fraction of sp³-hybridized carbons (Fsp3) is 0.208. The molecular weight excluding hydrogens is 397 g/mol. The zero-order valence-corrected chi connectivity index (χ0v) is 18.3. The number of hydroxylamine groups is 2. The Bertz CT molecular complexity index is 985. The van der Waals surface area contributed by atoms with Crippen molar-refractivity contribution in [2.45, 2.75) is 32.5 Å². The summed E-state index contributed by atoms with van der Waals surface area (Å²) in [5.74, 6) is 0.408. The van der Waals surface area contributed by atoms with Gasteiger partial charge in [-0.05, 0) is 38.5 Å². The molecule has 0 aliphatic carbocycles. The molecule has 0 radical (unpaired) electrons. The maximum absolute atomic E-state index is 14.2. The van der Waals surface area contributed by atoms with Crippen molar-refractivity contribution in [2.75, 3.05) is 0 Å². The van der Waals surface area contributed by atoms with Crippen molar-refractivity contribution in [3.05, 3.63) is 90.5 Å². The van der Waals surface area contributed by atoms with Crippen LogP contribution >= 0.6 is 7.14 Å². The first-order valence-corrected chi connectivity index (χ1v) is 11.6. The highest BCUT2D eigenvalue weighted by Gasteiger charge is 2.30. The molecule has 3 rings (SSSR count). The molecule has 1 N–H and O–H groups in total. The van der Waals surface area contributed by atoms with E-state index in [1.165, 1.54) is 0 Å². The Kier molecular flexibility index (Phi) is 6.33. The minimum atomic E-state index is -2.88. The molecule has 30 heavy (non-hydrogen) atoms. The maximum atomic E-state index is 14.2. The van der Waals surface area contributed by atoms with Crippen molar-refractivity contribution in [1.82, 2.24) is 5.06 Å². The lowest BCUT2D eigenvalue weighted by Crippen LogP contribution is -2.47. The molecule has 1 amide bonds. The number of hydrogen-bond acceptors (Lipinski definition) is 3. The first kappa shape index (κ1) is 21.7. The van der Waals surface area contributed by atoms with E-state index in [2.05, 4.69) is 0 Å². The van der Waals surface area contributed by atoms with Crippen molar-refractivity contribution in [3.63, 3.8) is 0 Å². The number of benzene rings is 3. The van der Waals surface area contributed by atoms with Crippen molar-refractivity contribution < 1.29 is 19.3 Å². The molecule has 3 aromatic rings. The number of carboxylic acid groups (broad SMARTS) is 1. The minimum absolute atomic E-state index is 0.364. The molecule has 6 heteroatoms. The van der Waals surface area contributed by atoms with Crippen molar-refractivity contribution in [3.8, 4) is 5.75 Å². The molecule has 0 spiro atoms. The van der Waals surface area contributed by atoms with Gasteiger partial charge in [-0.3, -0.25) is 0 Å². The summed E-state index contributed by atoms with van der Waals surface area (Å²) in [6.07, 6.45) is -0.798. The fourth-order valence-corrected chi connectivity index (χ4v) is 5.85. The third-order valence-corrected chi connectivity index (χ3v) is 7.73. The lowest BCUT2D eigenvalue weighted by atomic mass is 10.1. The van der Waals surface area contributed by atoms with Crippen LogP contribution in [0.25, 0.3) is 0 Å². The predicted octanol–water partition coefficient (Wildman–Crippen LogP) is 5.27. The van der Waals surface area contributed by atoms with Crippen LogP contribution in [0.2, 0.25) is 0 Å². The summed E-state index contributed by atoms with van der Waals surface area (Å²) >= 11 is 0. The number of amides is 1. The largest absolute Gasteiger partial charge is 0.463 e. The van der Waals surface area contributed by atoms with Crippen molar-refractivity contribution >= 4 is 23.8 Å². The van der Waals surface area contributed by atoms with E-state index in [9.17, 15) is 14.5 Å². The number of rotatable bonds is 6. The third kappa shape index (κ3) is 4.92. The summed E-state index contributed by atoms with van der Waals surface area (Å²) in [6.45, 7) is 5.27. The lowest BCUT2D eigenvalue weighted by Gasteiger charge is -2.31. The second-order valence-electron chi connectivity index (χ2n) is 8.05. The van der Waals surface area contributed by atoms with Crippen molar-refractivity contribution in [1.29, 1.82) is 0 Å². The van der Waals surface area contributed by atoms with Crippen LogP contribution in [0, 0.1) is 0 Å². The van der Waals surface area contributed by atoms with Crippen molar-refractivity contribution in [2.24, 2.45) is 0 Å². The lowest BCUT2D eigenvalue weighted by molar-refractivity contribution is -0.0958. The van der Waals surface area contributed by atoms with E-state index in [0.29, 0.717) is 11.9 Å². The van der Waals surface area contributed by atoms with Gasteiger partial charge in [0.15, 0.2) is 5.75 Å². The van der Waals surface area contributed by atoms with Gasteiger partial charge in [0.05, 0.1) is 5.54 Å². The van der Waals surface area contributed by atoms with Gasteiger partial charge in [-0.2, -0.15) is 0 Å². The Morgan fingerprint density at radius 3 is 1.73 bits per heavy atom. The molecule has 0 aliphatic rings. The highest BCUT2D eigenvalue weighted by atomic mass is 31.2. The first-order valence-electron chi connectivity index (χ1n) is 9.70. The van der Waals surface area contributed by atoms with Crippen LogP contribution in [-0.2, 0) is 10.7 Å². The van der Waals surface area contributed by atoms with Gasteiger partial charge in [-0.25, -0.2) is 4.79 Å². The zero-order chi connectivity index (χ0) is 21.8. The van der Waals surface area contributed by atoms with Gasteiger partial charge in [-0.1, -0.05) is 72.8 Å². The monoisotopic (exact) mass is 423 g/mol. The summed E-state index contributed by atoms with van der Waals surface area (Å²) in [4.78, 5) is 17.0. The van der Waals surface area contributed by atoms with Crippen LogP contribution in [0.15, 0.2) is 84.9 Å². The topological polar surface area (TPSA) is 66.8 Å². The van der Waals surface area contributed by atoms with Crippen LogP contribution in [-0.4, -0.2) is 21.8 Å². The second kappa shape index (κ2) is 8.76. The van der Waals surface area contributed by atoms with Gasteiger partial charge in [0.25, 0.3) is 0 Å². The Labute approximate surface area is 177 Å². The van der Waals surface area contributed by atoms with E-state index < -0.39 is 18.8 Å². The average Bonchev–Trinajstić information content (AvgIpc) is 2.73. The molecule has 0 aliphatic heterocycles. The molecule has 0 heterocycles. The van der Waals surface area contributed by atoms with Crippen LogP contribution < -0.4 is 15.4 Å². The van der Waals surface area contributed by atoms with Gasteiger partial charge < -0.3 is 14.5 Å². The Morgan fingerprint density at radius 2 is 1.33 bits per heavy atom. The van der Waals surface area contributed by atoms with Crippen LogP contribution in [0.4, 0.5) is 4.79 Å². The molecule has 3 aromatic carbocycles. The SMILES string of the molecule is CC(C)(C)N(Oc1ccc(CP(=O)(c2ccccc2)c2ccccc2)cc1)C(=O)O. The van der Waals surface area contributed by atoms with Crippen LogP contribution in [0.1, 0.15) is 26.3 Å². The fourth-order valence-electron chi connectivity index (χ4n) is 3.15. The smallest absolute Gasteiger partial charge is 0.441 e. The standard InChI is InChI=1S/C24H26NO4P/c1-24(2,3)25(23(26)27)29-20-16-14-19(15-17-20)18-30(28,21-10-6-4-7-11-21)22-12-8-5-9-13-22/h4-17H,18H2,1-3H3,(H,26,27). The van der Waals surface area contributed by atoms with E-state index in [4.69, 9.17) is 4.84 Å². The Hall–Kier alpha value is -3.04. The first-order chi connectivity index (χ1) is 14.2. The van der Waals surface area contributed by atoms with E-state index in [1.807, 2.05) is 72.8 Å². The summed E-state index contributed by atoms with van der Waals surface area (Å²) in [5.41, 5.74) is 0.178. The molecule has 0 aromatic heterocycles. The molecule has 5 nitrogen and oxygen atoms in total. The number of nitrogens with zero attached hydrogens (tertiary/aromatic N) is 1. The average molecular weight is 423 g/mol. The molecule has 0 fully saturated rings. The Morgan fingerprint density at radius 1 is 0.867 bits per heavy atom. The highest BCUT2D eigenvalue weighted by Crippen LogP contribution is 2.47. The van der Waals surface area contributed by atoms with Gasteiger partial charge >= 0.3 is 6.09 Å². The summed E-state index contributed by atoms with van der Waals surface area (Å²) < 4.78 is 14.2. The van der Waals surface area contributed by atoms with E-state index in [1.54, 1.807) is 32.9 Å². The van der Waals surface area contributed by atoms with E-state index in [0.717, 1.165) is 21.2 Å². The van der Waals surface area contributed by atoms with Gasteiger partial charge in [0.1, 0.15) is 7.14 Å². The molecule has 0 unspecified atom stereocenters. The quantitative estimate of drug-likeness (QED) is 0.433. The maximum Gasteiger partial charge on any atom is 0.441 e. The second-order valence-corrected chi connectivity index (χ2v) is 10.9.